The van der Waals surface area contributed by atoms with Crippen LogP contribution in [0.4, 0.5) is 0 Å². The van der Waals surface area contributed by atoms with Crippen molar-refractivity contribution in [1.82, 2.24) is 10.6 Å². The van der Waals surface area contributed by atoms with Crippen LogP contribution in [-0.2, 0) is 0 Å². The van der Waals surface area contributed by atoms with E-state index in [0.29, 0.717) is 0 Å². The Bertz CT molecular complexity index is 179. The zero-order valence-corrected chi connectivity index (χ0v) is 5.20. The highest BCUT2D eigenvalue weighted by molar-refractivity contribution is 5.30. The second-order valence-electron chi connectivity index (χ2n) is 2.29. The van der Waals surface area contributed by atoms with Gasteiger partial charge in [0.05, 0.1) is 0 Å². The maximum atomic E-state index is 3.28. The van der Waals surface area contributed by atoms with E-state index in [2.05, 4.69) is 16.7 Å². The van der Waals surface area contributed by atoms with Gasteiger partial charge in [-0.3, -0.25) is 0 Å². The Morgan fingerprint density at radius 1 is 1.44 bits per heavy atom. The molecule has 2 nitrogen and oxygen atoms in total. The second-order valence-corrected chi connectivity index (χ2v) is 2.29. The van der Waals surface area contributed by atoms with E-state index in [9.17, 15) is 0 Å². The quantitative estimate of drug-likeness (QED) is 0.464. The molecule has 2 heterocycles. The van der Waals surface area contributed by atoms with Crippen molar-refractivity contribution in [2.24, 2.45) is 0 Å². The van der Waals surface area contributed by atoms with Crippen molar-refractivity contribution < 1.29 is 0 Å². The lowest BCUT2D eigenvalue weighted by molar-refractivity contribution is 0.810. The first kappa shape index (κ1) is 5.06. The average molecular weight is 121 g/mol. The summed E-state index contributed by atoms with van der Waals surface area (Å²) >= 11 is 0. The van der Waals surface area contributed by atoms with Gasteiger partial charge in [-0.2, -0.15) is 0 Å². The zero-order chi connectivity index (χ0) is 6.10. The summed E-state index contributed by atoms with van der Waals surface area (Å²) in [7, 11) is 0. The van der Waals surface area contributed by atoms with Gasteiger partial charge >= 0.3 is 0 Å². The van der Waals surface area contributed by atoms with E-state index in [0.717, 1.165) is 19.6 Å². The van der Waals surface area contributed by atoms with E-state index in [4.69, 9.17) is 0 Å². The second kappa shape index (κ2) is 1.88. The highest BCUT2D eigenvalue weighted by Crippen LogP contribution is 2.09. The SMILES string of the molecule is [C]1=CCNC2=C1CNC2. The van der Waals surface area contributed by atoms with Gasteiger partial charge in [-0.05, 0) is 11.6 Å². The fourth-order valence-electron chi connectivity index (χ4n) is 1.18. The Hall–Kier alpha value is -0.760. The third kappa shape index (κ3) is 0.754. The van der Waals surface area contributed by atoms with Gasteiger partial charge in [-0.25, -0.2) is 0 Å². The van der Waals surface area contributed by atoms with E-state index in [1.54, 1.807) is 0 Å². The maximum absolute atomic E-state index is 3.28. The third-order valence-electron chi connectivity index (χ3n) is 1.66. The molecule has 2 rings (SSSR count). The molecule has 2 aliphatic heterocycles. The molecule has 9 heavy (non-hydrogen) atoms. The molecule has 0 aliphatic carbocycles. The number of nitrogens with one attached hydrogen (secondary N) is 2. The van der Waals surface area contributed by atoms with Gasteiger partial charge in [-0.1, -0.05) is 6.08 Å². The molecule has 2 heteroatoms. The minimum absolute atomic E-state index is 0.945. The van der Waals surface area contributed by atoms with Crippen LogP contribution in [-0.4, -0.2) is 19.6 Å². The number of rotatable bonds is 0. The lowest BCUT2D eigenvalue weighted by Gasteiger charge is -2.08. The van der Waals surface area contributed by atoms with Crippen molar-refractivity contribution in [3.05, 3.63) is 23.4 Å². The normalized spacial score (nSPS) is 24.0. The van der Waals surface area contributed by atoms with Crippen LogP contribution in [0.5, 0.6) is 0 Å². The molecule has 2 aliphatic rings. The van der Waals surface area contributed by atoms with Crippen molar-refractivity contribution in [3.63, 3.8) is 0 Å². The number of hydrogen-bond acceptors (Lipinski definition) is 2. The fraction of sp³-hybridized carbons (Fsp3) is 0.429. The Labute approximate surface area is 54.6 Å². The van der Waals surface area contributed by atoms with Crippen LogP contribution >= 0.6 is 0 Å². The summed E-state index contributed by atoms with van der Waals surface area (Å²) in [5, 5.41) is 6.53. The molecule has 0 aromatic carbocycles. The highest BCUT2D eigenvalue weighted by atomic mass is 15.0. The molecule has 0 amide bonds. The van der Waals surface area contributed by atoms with Crippen LogP contribution in [0.1, 0.15) is 0 Å². The van der Waals surface area contributed by atoms with Gasteiger partial charge in [0.1, 0.15) is 0 Å². The summed E-state index contributed by atoms with van der Waals surface area (Å²) in [5.41, 5.74) is 2.64. The largest absolute Gasteiger partial charge is 0.384 e. The molecule has 0 unspecified atom stereocenters. The summed E-state index contributed by atoms with van der Waals surface area (Å²) in [6, 6.07) is 0. The van der Waals surface area contributed by atoms with Crippen LogP contribution in [0.25, 0.3) is 0 Å². The van der Waals surface area contributed by atoms with E-state index in [1.165, 1.54) is 11.3 Å². The van der Waals surface area contributed by atoms with Gasteiger partial charge in [0, 0.05) is 25.3 Å². The summed E-state index contributed by atoms with van der Waals surface area (Å²) in [6.07, 6.45) is 5.24. The van der Waals surface area contributed by atoms with E-state index >= 15 is 0 Å². The number of dihydropyridines is 1. The topological polar surface area (TPSA) is 24.1 Å². The Morgan fingerprint density at radius 2 is 2.44 bits per heavy atom. The molecule has 0 fully saturated rings. The molecule has 47 valence electrons. The first-order valence-corrected chi connectivity index (χ1v) is 3.21. The lowest BCUT2D eigenvalue weighted by atomic mass is 10.2. The molecule has 0 saturated heterocycles. The first-order chi connectivity index (χ1) is 4.47. The molecular formula is C7H9N2. The average Bonchev–Trinajstić information content (AvgIpc) is 2.33. The first-order valence-electron chi connectivity index (χ1n) is 3.21. The minimum atomic E-state index is 0.945. The lowest BCUT2D eigenvalue weighted by Crippen LogP contribution is -2.19. The summed E-state index contributed by atoms with van der Waals surface area (Å²) in [5.74, 6) is 0. The number of hydrogen-bond donors (Lipinski definition) is 2. The van der Waals surface area contributed by atoms with Crippen molar-refractivity contribution in [2.45, 2.75) is 0 Å². The molecule has 0 saturated carbocycles. The molecule has 0 atom stereocenters. The molecule has 0 aromatic rings. The Morgan fingerprint density at radius 3 is 3.33 bits per heavy atom. The molecule has 0 bridgehead atoms. The van der Waals surface area contributed by atoms with Gasteiger partial charge < -0.3 is 10.6 Å². The van der Waals surface area contributed by atoms with Crippen molar-refractivity contribution in [2.75, 3.05) is 19.6 Å². The van der Waals surface area contributed by atoms with Gasteiger partial charge in [0.15, 0.2) is 0 Å². The van der Waals surface area contributed by atoms with Crippen LogP contribution in [0.15, 0.2) is 17.3 Å². The Balaban J connectivity index is 2.28. The maximum Gasteiger partial charge on any atom is 0.0360 e. The predicted octanol–water partition coefficient (Wildman–Crippen LogP) is -0.194. The van der Waals surface area contributed by atoms with Crippen molar-refractivity contribution >= 4 is 0 Å². The van der Waals surface area contributed by atoms with E-state index < -0.39 is 0 Å². The van der Waals surface area contributed by atoms with Crippen LogP contribution in [0.3, 0.4) is 0 Å². The van der Waals surface area contributed by atoms with Crippen molar-refractivity contribution in [3.8, 4) is 0 Å². The standard InChI is InChI=1S/C7H9N2/c1-2-6-4-8-5-7(6)9-3-1/h1,8-9H,3-5H2. The molecule has 0 aromatic heterocycles. The van der Waals surface area contributed by atoms with Crippen molar-refractivity contribution in [1.29, 1.82) is 0 Å². The van der Waals surface area contributed by atoms with Gasteiger partial charge in [0.2, 0.25) is 0 Å². The fourth-order valence-corrected chi connectivity index (χ4v) is 1.18. The third-order valence-corrected chi connectivity index (χ3v) is 1.66. The monoisotopic (exact) mass is 121 g/mol. The molecular weight excluding hydrogens is 112 g/mol. The van der Waals surface area contributed by atoms with Gasteiger partial charge in [0.25, 0.3) is 0 Å². The van der Waals surface area contributed by atoms with Crippen LogP contribution in [0, 0.1) is 6.08 Å². The van der Waals surface area contributed by atoms with E-state index in [1.807, 2.05) is 6.08 Å². The summed E-state index contributed by atoms with van der Waals surface area (Å²) in [4.78, 5) is 0. The van der Waals surface area contributed by atoms with E-state index in [-0.39, 0.29) is 0 Å². The molecule has 2 N–H and O–H groups in total. The van der Waals surface area contributed by atoms with Crippen LogP contribution < -0.4 is 10.6 Å². The summed E-state index contributed by atoms with van der Waals surface area (Å²) < 4.78 is 0. The summed E-state index contributed by atoms with van der Waals surface area (Å²) in [6.45, 7) is 2.93. The Kier molecular flexibility index (Phi) is 1.06. The van der Waals surface area contributed by atoms with Crippen LogP contribution in [0.2, 0.25) is 0 Å². The highest BCUT2D eigenvalue weighted by Gasteiger charge is 2.12. The minimum Gasteiger partial charge on any atom is -0.384 e. The molecule has 0 spiro atoms. The smallest absolute Gasteiger partial charge is 0.0360 e. The molecule has 1 radical (unpaired) electrons. The van der Waals surface area contributed by atoms with Gasteiger partial charge in [-0.15, -0.1) is 0 Å². The predicted molar refractivity (Wildman–Crippen MR) is 35.7 cm³/mol. The zero-order valence-electron chi connectivity index (χ0n) is 5.20.